The van der Waals surface area contributed by atoms with Crippen molar-refractivity contribution in [2.75, 3.05) is 38.0 Å². The first-order chi connectivity index (χ1) is 9.33. The van der Waals surface area contributed by atoms with E-state index in [-0.39, 0.29) is 0 Å². The van der Waals surface area contributed by atoms with Crippen LogP contribution in [0.25, 0.3) is 0 Å². The highest BCUT2D eigenvalue weighted by atomic mass is 15.1. The van der Waals surface area contributed by atoms with E-state index < -0.39 is 0 Å². The van der Waals surface area contributed by atoms with Gasteiger partial charge in [-0.15, -0.1) is 0 Å². The minimum Gasteiger partial charge on any atom is -0.381 e. The Morgan fingerprint density at radius 3 is 2.84 bits per heavy atom. The zero-order chi connectivity index (χ0) is 13.5. The molecule has 1 aromatic rings. The summed E-state index contributed by atoms with van der Waals surface area (Å²) in [4.78, 5) is 2.45. The summed E-state index contributed by atoms with van der Waals surface area (Å²) in [5.41, 5.74) is 2.78. The first-order valence-electron chi connectivity index (χ1n) is 7.61. The van der Waals surface area contributed by atoms with E-state index in [0.717, 1.165) is 32.7 Å². The minimum absolute atomic E-state index is 0.576. The Bertz CT molecular complexity index is 374. The second-order valence-corrected chi connectivity index (χ2v) is 5.27. The molecule has 106 valence electrons. The minimum atomic E-state index is 0.576. The third-order valence-electron chi connectivity index (χ3n) is 4.03. The molecule has 0 saturated heterocycles. The molecular formula is C16H27N3. The Labute approximate surface area is 117 Å². The van der Waals surface area contributed by atoms with Crippen LogP contribution in [0, 0.1) is 0 Å². The summed E-state index contributed by atoms with van der Waals surface area (Å²) in [7, 11) is 0. The Balaban J connectivity index is 1.68. The van der Waals surface area contributed by atoms with Crippen molar-refractivity contribution in [1.29, 1.82) is 0 Å². The molecule has 1 atom stereocenters. The van der Waals surface area contributed by atoms with Crippen LogP contribution in [0.1, 0.15) is 25.8 Å². The van der Waals surface area contributed by atoms with Crippen LogP contribution in [0.3, 0.4) is 0 Å². The van der Waals surface area contributed by atoms with Crippen molar-refractivity contribution in [2.45, 2.75) is 32.7 Å². The average molecular weight is 261 g/mol. The fourth-order valence-electron chi connectivity index (χ4n) is 2.71. The Morgan fingerprint density at radius 2 is 2.05 bits per heavy atom. The zero-order valence-electron chi connectivity index (χ0n) is 12.3. The summed E-state index contributed by atoms with van der Waals surface area (Å²) < 4.78 is 0. The first-order valence-corrected chi connectivity index (χ1v) is 7.61. The van der Waals surface area contributed by atoms with Gasteiger partial charge >= 0.3 is 0 Å². The van der Waals surface area contributed by atoms with Gasteiger partial charge in [0.2, 0.25) is 0 Å². The van der Waals surface area contributed by atoms with Crippen LogP contribution in [0.2, 0.25) is 0 Å². The maximum Gasteiger partial charge on any atom is 0.0389 e. The summed E-state index contributed by atoms with van der Waals surface area (Å²) in [5, 5.41) is 7.22. The lowest BCUT2D eigenvalue weighted by molar-refractivity contribution is 0.301. The Morgan fingerprint density at radius 1 is 1.26 bits per heavy atom. The van der Waals surface area contributed by atoms with Gasteiger partial charge in [-0.05, 0) is 37.6 Å². The summed E-state index contributed by atoms with van der Waals surface area (Å²) in [5.74, 6) is 0. The molecule has 1 aliphatic heterocycles. The lowest BCUT2D eigenvalue weighted by Crippen LogP contribution is -2.39. The van der Waals surface area contributed by atoms with Gasteiger partial charge in [0.1, 0.15) is 0 Å². The zero-order valence-corrected chi connectivity index (χ0v) is 12.3. The van der Waals surface area contributed by atoms with Gasteiger partial charge in [0.15, 0.2) is 0 Å². The van der Waals surface area contributed by atoms with Gasteiger partial charge in [0.05, 0.1) is 0 Å². The molecule has 2 rings (SSSR count). The highest BCUT2D eigenvalue weighted by Crippen LogP contribution is 2.23. The van der Waals surface area contributed by atoms with E-state index in [1.165, 1.54) is 24.1 Å². The van der Waals surface area contributed by atoms with Crippen molar-refractivity contribution in [1.82, 2.24) is 10.2 Å². The predicted molar refractivity (Wildman–Crippen MR) is 82.8 cm³/mol. The summed E-state index contributed by atoms with van der Waals surface area (Å²) >= 11 is 0. The molecule has 0 saturated carbocycles. The van der Waals surface area contributed by atoms with Gasteiger partial charge in [-0.3, -0.25) is 0 Å². The number of benzene rings is 1. The van der Waals surface area contributed by atoms with Gasteiger partial charge in [-0.2, -0.15) is 0 Å². The highest BCUT2D eigenvalue weighted by molar-refractivity contribution is 5.53. The fourth-order valence-corrected chi connectivity index (χ4v) is 2.71. The van der Waals surface area contributed by atoms with E-state index in [2.05, 4.69) is 53.6 Å². The molecule has 0 radical (unpaired) electrons. The van der Waals surface area contributed by atoms with Crippen LogP contribution in [0.5, 0.6) is 0 Å². The van der Waals surface area contributed by atoms with Crippen LogP contribution < -0.4 is 10.6 Å². The molecule has 3 heteroatoms. The third kappa shape index (κ3) is 4.22. The van der Waals surface area contributed by atoms with Gasteiger partial charge < -0.3 is 15.5 Å². The number of likely N-dealkylation sites (N-methyl/N-ethyl adjacent to an activating group) is 1. The lowest BCUT2D eigenvalue weighted by Gasteiger charge is -2.27. The fraction of sp³-hybridized carbons (Fsp3) is 0.625. The van der Waals surface area contributed by atoms with E-state index in [1.807, 2.05) is 0 Å². The predicted octanol–water partition coefficient (Wildman–Crippen LogP) is 2.34. The van der Waals surface area contributed by atoms with Crippen molar-refractivity contribution in [3.05, 3.63) is 29.8 Å². The van der Waals surface area contributed by atoms with Crippen molar-refractivity contribution in [2.24, 2.45) is 0 Å². The number of hydrogen-bond donors (Lipinski definition) is 2. The second-order valence-electron chi connectivity index (χ2n) is 5.27. The number of hydrogen-bond acceptors (Lipinski definition) is 3. The Kier molecular flexibility index (Phi) is 5.67. The van der Waals surface area contributed by atoms with Crippen LogP contribution in [-0.4, -0.2) is 43.7 Å². The largest absolute Gasteiger partial charge is 0.381 e. The summed E-state index contributed by atoms with van der Waals surface area (Å²) in [6.07, 6.45) is 2.43. The SMILES string of the molecule is CCN(CC)CCNC[C@@H]1CCc2ccccc2N1. The molecule has 3 nitrogen and oxygen atoms in total. The van der Waals surface area contributed by atoms with Gasteiger partial charge in [0.25, 0.3) is 0 Å². The first kappa shape index (κ1) is 14.4. The van der Waals surface area contributed by atoms with Crippen molar-refractivity contribution in [3.8, 4) is 0 Å². The molecule has 2 N–H and O–H groups in total. The van der Waals surface area contributed by atoms with Crippen molar-refractivity contribution < 1.29 is 0 Å². The lowest BCUT2D eigenvalue weighted by atomic mass is 9.98. The smallest absolute Gasteiger partial charge is 0.0389 e. The number of nitrogens with zero attached hydrogens (tertiary/aromatic N) is 1. The molecule has 0 bridgehead atoms. The number of aryl methyl sites for hydroxylation is 1. The molecule has 0 aliphatic carbocycles. The summed E-state index contributed by atoms with van der Waals surface area (Å²) in [6.45, 7) is 10.0. The van der Waals surface area contributed by atoms with Crippen LogP contribution in [0.15, 0.2) is 24.3 Å². The van der Waals surface area contributed by atoms with E-state index in [0.29, 0.717) is 6.04 Å². The number of nitrogens with one attached hydrogen (secondary N) is 2. The molecule has 1 heterocycles. The molecule has 0 spiro atoms. The highest BCUT2D eigenvalue weighted by Gasteiger charge is 2.16. The van der Waals surface area contributed by atoms with Gasteiger partial charge in [-0.25, -0.2) is 0 Å². The summed E-state index contributed by atoms with van der Waals surface area (Å²) in [6, 6.07) is 9.24. The van der Waals surface area contributed by atoms with E-state index in [4.69, 9.17) is 0 Å². The second kappa shape index (κ2) is 7.51. The van der Waals surface area contributed by atoms with E-state index in [1.54, 1.807) is 0 Å². The standard InChI is InChI=1S/C16H27N3/c1-3-19(4-2)12-11-17-13-15-10-9-14-7-5-6-8-16(14)18-15/h5-8,15,17-18H,3-4,9-13H2,1-2H3/t15-/m0/s1. The maximum atomic E-state index is 3.64. The Hall–Kier alpha value is -1.06. The van der Waals surface area contributed by atoms with Gasteiger partial charge in [-0.1, -0.05) is 32.0 Å². The van der Waals surface area contributed by atoms with Crippen molar-refractivity contribution >= 4 is 5.69 Å². The number of para-hydroxylation sites is 1. The van der Waals surface area contributed by atoms with Crippen LogP contribution in [0.4, 0.5) is 5.69 Å². The monoisotopic (exact) mass is 261 g/mol. The van der Waals surface area contributed by atoms with E-state index in [9.17, 15) is 0 Å². The number of anilines is 1. The maximum absolute atomic E-state index is 3.64. The number of fused-ring (bicyclic) bond motifs is 1. The van der Waals surface area contributed by atoms with Gasteiger partial charge in [0, 0.05) is 31.4 Å². The molecule has 0 unspecified atom stereocenters. The molecule has 0 fully saturated rings. The molecule has 0 aromatic heterocycles. The van der Waals surface area contributed by atoms with Crippen molar-refractivity contribution in [3.63, 3.8) is 0 Å². The molecule has 1 aliphatic rings. The average Bonchev–Trinajstić information content (AvgIpc) is 2.47. The van der Waals surface area contributed by atoms with E-state index >= 15 is 0 Å². The molecule has 0 amide bonds. The molecule has 19 heavy (non-hydrogen) atoms. The molecule has 1 aromatic carbocycles. The third-order valence-corrected chi connectivity index (χ3v) is 4.03. The molecular weight excluding hydrogens is 234 g/mol. The van der Waals surface area contributed by atoms with Crippen LogP contribution in [-0.2, 0) is 6.42 Å². The number of rotatable bonds is 7. The van der Waals surface area contributed by atoms with Crippen LogP contribution >= 0.6 is 0 Å². The topological polar surface area (TPSA) is 27.3 Å². The quantitative estimate of drug-likeness (QED) is 0.738. The normalized spacial score (nSPS) is 18.2.